The second-order valence-electron chi connectivity index (χ2n) is 6.50. The lowest BCUT2D eigenvalue weighted by atomic mass is 9.88. The third-order valence-corrected chi connectivity index (χ3v) is 4.50. The van der Waals surface area contributed by atoms with Crippen LogP contribution in [0.25, 0.3) is 0 Å². The average Bonchev–Trinajstić information content (AvgIpc) is 2.68. The first-order valence-electron chi connectivity index (χ1n) is 9.00. The largest absolute Gasteiger partial charge is 0.356 e. The number of aromatic nitrogens is 1. The Hall–Kier alpha value is -2.94. The number of rotatable bonds is 7. The van der Waals surface area contributed by atoms with Crippen LogP contribution in [0.5, 0.6) is 0 Å². The van der Waals surface area contributed by atoms with Gasteiger partial charge in [0.2, 0.25) is 5.91 Å². The summed E-state index contributed by atoms with van der Waals surface area (Å²) < 4.78 is 0. The van der Waals surface area contributed by atoms with Crippen LogP contribution in [0.3, 0.4) is 0 Å². The number of carbonyl (C=O) groups is 1. The summed E-state index contributed by atoms with van der Waals surface area (Å²) in [5.41, 5.74) is 4.55. The van der Waals surface area contributed by atoms with Gasteiger partial charge in [0.25, 0.3) is 0 Å². The van der Waals surface area contributed by atoms with Crippen molar-refractivity contribution in [1.82, 2.24) is 10.3 Å². The van der Waals surface area contributed by atoms with E-state index in [9.17, 15) is 4.79 Å². The molecule has 3 aromatic rings. The quantitative estimate of drug-likeness (QED) is 0.695. The maximum absolute atomic E-state index is 12.5. The molecule has 3 rings (SSSR count). The number of amides is 1. The Morgan fingerprint density at radius 2 is 1.62 bits per heavy atom. The number of hydrogen-bond donors (Lipinski definition) is 1. The minimum absolute atomic E-state index is 0.0617. The van der Waals surface area contributed by atoms with Gasteiger partial charge in [-0.2, -0.15) is 0 Å². The second kappa shape index (κ2) is 8.95. The van der Waals surface area contributed by atoms with E-state index in [2.05, 4.69) is 53.6 Å². The van der Waals surface area contributed by atoms with Crippen molar-refractivity contribution in [2.75, 3.05) is 6.54 Å². The van der Waals surface area contributed by atoms with Crippen LogP contribution in [0.15, 0.2) is 79.0 Å². The van der Waals surface area contributed by atoms with Crippen molar-refractivity contribution >= 4 is 5.91 Å². The molecule has 1 heterocycles. The zero-order valence-corrected chi connectivity index (χ0v) is 15.1. The smallest absolute Gasteiger partial charge is 0.220 e. The molecule has 2 aromatic carbocycles. The van der Waals surface area contributed by atoms with Gasteiger partial charge >= 0.3 is 0 Å². The minimum atomic E-state index is 0.0617. The van der Waals surface area contributed by atoms with Crippen molar-refractivity contribution in [2.24, 2.45) is 0 Å². The molecule has 0 spiro atoms. The molecule has 1 atom stereocenters. The number of nitrogens with one attached hydrogen (secondary N) is 1. The number of nitrogens with zero attached hydrogens (tertiary/aromatic N) is 1. The summed E-state index contributed by atoms with van der Waals surface area (Å²) in [5, 5.41) is 3.03. The molecule has 1 amide bonds. The molecule has 0 unspecified atom stereocenters. The molecule has 1 N–H and O–H groups in total. The van der Waals surface area contributed by atoms with Crippen LogP contribution in [0.2, 0.25) is 0 Å². The van der Waals surface area contributed by atoms with Gasteiger partial charge in [-0.15, -0.1) is 0 Å². The lowest BCUT2D eigenvalue weighted by Crippen LogP contribution is -2.27. The molecular weight excluding hydrogens is 320 g/mol. The zero-order chi connectivity index (χ0) is 18.2. The van der Waals surface area contributed by atoms with Crippen molar-refractivity contribution in [3.63, 3.8) is 0 Å². The van der Waals surface area contributed by atoms with E-state index in [0.29, 0.717) is 13.0 Å². The fraction of sp³-hybridized carbons (Fsp3) is 0.217. The first-order chi connectivity index (χ1) is 12.7. The Labute approximate surface area is 155 Å². The average molecular weight is 344 g/mol. The number of aryl methyl sites for hydroxylation is 1. The van der Waals surface area contributed by atoms with E-state index in [4.69, 9.17) is 0 Å². The fourth-order valence-corrected chi connectivity index (χ4v) is 3.05. The summed E-state index contributed by atoms with van der Waals surface area (Å²) >= 11 is 0. The van der Waals surface area contributed by atoms with E-state index in [1.807, 2.05) is 36.4 Å². The summed E-state index contributed by atoms with van der Waals surface area (Å²) in [6.45, 7) is 2.68. The molecule has 0 saturated heterocycles. The van der Waals surface area contributed by atoms with Crippen LogP contribution < -0.4 is 5.32 Å². The van der Waals surface area contributed by atoms with Gasteiger partial charge in [0.1, 0.15) is 0 Å². The Morgan fingerprint density at radius 1 is 0.923 bits per heavy atom. The highest BCUT2D eigenvalue weighted by Crippen LogP contribution is 2.28. The normalized spacial score (nSPS) is 11.7. The monoisotopic (exact) mass is 344 g/mol. The molecular formula is C23H24N2O. The highest BCUT2D eigenvalue weighted by molar-refractivity contribution is 5.77. The molecule has 3 heteroatoms. The lowest BCUT2D eigenvalue weighted by Gasteiger charge is -2.18. The molecule has 3 nitrogen and oxygen atoms in total. The Kier molecular flexibility index (Phi) is 6.15. The van der Waals surface area contributed by atoms with Crippen LogP contribution in [-0.2, 0) is 11.2 Å². The number of hydrogen-bond acceptors (Lipinski definition) is 2. The third kappa shape index (κ3) is 5.03. The molecule has 1 aromatic heterocycles. The van der Waals surface area contributed by atoms with Gasteiger partial charge in [0.15, 0.2) is 0 Å². The summed E-state index contributed by atoms with van der Waals surface area (Å²) in [6, 6.07) is 24.5. The summed E-state index contributed by atoms with van der Waals surface area (Å²) in [5.74, 6) is 0.127. The van der Waals surface area contributed by atoms with Gasteiger partial charge in [0, 0.05) is 37.2 Å². The topological polar surface area (TPSA) is 42.0 Å². The van der Waals surface area contributed by atoms with Crippen LogP contribution >= 0.6 is 0 Å². The molecule has 0 aliphatic carbocycles. The maximum atomic E-state index is 12.5. The van der Waals surface area contributed by atoms with Crippen molar-refractivity contribution < 1.29 is 4.79 Å². The molecule has 0 aliphatic rings. The first kappa shape index (κ1) is 17.9. The Morgan fingerprint density at radius 3 is 2.31 bits per heavy atom. The number of pyridine rings is 1. The molecule has 0 aliphatic heterocycles. The highest BCUT2D eigenvalue weighted by atomic mass is 16.1. The van der Waals surface area contributed by atoms with Crippen LogP contribution in [0.4, 0.5) is 0 Å². The van der Waals surface area contributed by atoms with E-state index in [0.717, 1.165) is 17.7 Å². The second-order valence-corrected chi connectivity index (χ2v) is 6.50. The molecule has 132 valence electrons. The van der Waals surface area contributed by atoms with Crippen molar-refractivity contribution in [2.45, 2.75) is 25.7 Å². The van der Waals surface area contributed by atoms with E-state index < -0.39 is 0 Å². The van der Waals surface area contributed by atoms with Crippen molar-refractivity contribution in [1.29, 1.82) is 0 Å². The van der Waals surface area contributed by atoms with E-state index in [-0.39, 0.29) is 11.8 Å². The number of benzene rings is 2. The fourth-order valence-electron chi connectivity index (χ4n) is 3.05. The van der Waals surface area contributed by atoms with Gasteiger partial charge in [-0.3, -0.25) is 9.78 Å². The van der Waals surface area contributed by atoms with E-state index >= 15 is 0 Å². The van der Waals surface area contributed by atoms with Gasteiger partial charge in [-0.1, -0.05) is 66.2 Å². The van der Waals surface area contributed by atoms with Crippen molar-refractivity contribution in [3.05, 3.63) is 101 Å². The SMILES string of the molecule is Cc1ccc([C@H](CC(=O)NCCc2ccccn2)c2ccccc2)cc1. The molecule has 0 radical (unpaired) electrons. The van der Waals surface area contributed by atoms with Crippen LogP contribution in [-0.4, -0.2) is 17.4 Å². The summed E-state index contributed by atoms with van der Waals surface area (Å²) in [4.78, 5) is 16.8. The highest BCUT2D eigenvalue weighted by Gasteiger charge is 2.18. The first-order valence-corrected chi connectivity index (χ1v) is 9.00. The number of carbonyl (C=O) groups excluding carboxylic acids is 1. The van der Waals surface area contributed by atoms with E-state index in [1.165, 1.54) is 11.1 Å². The van der Waals surface area contributed by atoms with Crippen LogP contribution in [0.1, 0.15) is 34.7 Å². The maximum Gasteiger partial charge on any atom is 0.220 e. The Bertz CT molecular complexity index is 814. The lowest BCUT2D eigenvalue weighted by molar-refractivity contribution is -0.121. The molecule has 0 saturated carbocycles. The van der Waals surface area contributed by atoms with Gasteiger partial charge < -0.3 is 5.32 Å². The van der Waals surface area contributed by atoms with Gasteiger partial charge in [0.05, 0.1) is 0 Å². The van der Waals surface area contributed by atoms with Gasteiger partial charge in [-0.25, -0.2) is 0 Å². The predicted octanol–water partition coefficient (Wildman–Crippen LogP) is 4.27. The molecule has 0 bridgehead atoms. The summed E-state index contributed by atoms with van der Waals surface area (Å²) in [6.07, 6.45) is 2.96. The molecule has 26 heavy (non-hydrogen) atoms. The minimum Gasteiger partial charge on any atom is -0.356 e. The van der Waals surface area contributed by atoms with Crippen LogP contribution in [0, 0.1) is 6.92 Å². The van der Waals surface area contributed by atoms with E-state index in [1.54, 1.807) is 6.20 Å². The zero-order valence-electron chi connectivity index (χ0n) is 15.1. The van der Waals surface area contributed by atoms with Gasteiger partial charge in [-0.05, 0) is 30.2 Å². The predicted molar refractivity (Wildman–Crippen MR) is 105 cm³/mol. The standard InChI is InChI=1S/C23H24N2O/c1-18-10-12-20(13-11-18)22(19-7-3-2-4-8-19)17-23(26)25-16-14-21-9-5-6-15-24-21/h2-13,15,22H,14,16-17H2,1H3,(H,25,26)/t22-/m1/s1. The molecule has 0 fully saturated rings. The third-order valence-electron chi connectivity index (χ3n) is 4.50. The summed E-state index contributed by atoms with van der Waals surface area (Å²) in [7, 11) is 0. The van der Waals surface area contributed by atoms with Crippen molar-refractivity contribution in [3.8, 4) is 0 Å². The Balaban J connectivity index is 1.65.